The zero-order valence-corrected chi connectivity index (χ0v) is 16.7. The van der Waals surface area contributed by atoms with Gasteiger partial charge in [0.05, 0.1) is 4.91 Å². The van der Waals surface area contributed by atoms with E-state index in [-0.39, 0.29) is 28.0 Å². The summed E-state index contributed by atoms with van der Waals surface area (Å²) in [6, 6.07) is 18.6. The van der Waals surface area contributed by atoms with Gasteiger partial charge in [-0.05, 0) is 36.4 Å². The van der Waals surface area contributed by atoms with Gasteiger partial charge in [0.1, 0.15) is 11.6 Å². The number of hydrogen-bond donors (Lipinski definition) is 0. The highest BCUT2D eigenvalue weighted by molar-refractivity contribution is 8.04. The van der Waals surface area contributed by atoms with Gasteiger partial charge in [-0.25, -0.2) is 8.78 Å². The number of halogens is 2. The highest BCUT2D eigenvalue weighted by Crippen LogP contribution is 2.39. The first kappa shape index (κ1) is 19.6. The van der Waals surface area contributed by atoms with Gasteiger partial charge >= 0.3 is 0 Å². The second-order valence-corrected chi connectivity index (χ2v) is 8.45. The molecule has 0 bridgehead atoms. The monoisotopic (exact) mass is 424 g/mol. The molecule has 0 unspecified atom stereocenters. The maximum Gasteiger partial charge on any atom is 0.200 e. The molecule has 29 heavy (non-hydrogen) atoms. The molecule has 0 aromatic heterocycles. The van der Waals surface area contributed by atoms with E-state index in [1.54, 1.807) is 48.5 Å². The Morgan fingerprint density at radius 1 is 0.690 bits per heavy atom. The third-order valence-corrected chi connectivity index (χ3v) is 6.51. The summed E-state index contributed by atoms with van der Waals surface area (Å²) in [5.74, 6) is -1.07. The van der Waals surface area contributed by atoms with Crippen molar-refractivity contribution in [1.29, 1.82) is 0 Å². The van der Waals surface area contributed by atoms with Crippen LogP contribution in [0.1, 0.15) is 20.7 Å². The van der Waals surface area contributed by atoms with Gasteiger partial charge in [0.25, 0.3) is 0 Å². The maximum absolute atomic E-state index is 13.6. The Morgan fingerprint density at radius 3 is 1.93 bits per heavy atom. The normalized spacial score (nSPS) is 13.6. The van der Waals surface area contributed by atoms with E-state index in [4.69, 9.17) is 0 Å². The second kappa shape index (κ2) is 8.35. The highest BCUT2D eigenvalue weighted by Gasteiger charge is 2.32. The van der Waals surface area contributed by atoms with Crippen molar-refractivity contribution in [2.45, 2.75) is 9.79 Å². The number of carbonyl (C=O) groups is 2. The van der Waals surface area contributed by atoms with E-state index < -0.39 is 5.82 Å². The van der Waals surface area contributed by atoms with Crippen molar-refractivity contribution < 1.29 is 18.4 Å². The van der Waals surface area contributed by atoms with E-state index in [0.29, 0.717) is 26.5 Å². The molecule has 0 amide bonds. The number of thioether (sulfide) groups is 2. The van der Waals surface area contributed by atoms with Crippen molar-refractivity contribution in [2.75, 3.05) is 5.75 Å². The highest BCUT2D eigenvalue weighted by atomic mass is 32.2. The Hall–Kier alpha value is -2.70. The van der Waals surface area contributed by atoms with Gasteiger partial charge < -0.3 is 0 Å². The lowest BCUT2D eigenvalue weighted by Gasteiger charge is -2.20. The molecule has 0 atom stereocenters. The average molecular weight is 424 g/mol. The maximum atomic E-state index is 13.6. The van der Waals surface area contributed by atoms with Crippen LogP contribution < -0.4 is 0 Å². The van der Waals surface area contributed by atoms with Crippen molar-refractivity contribution in [3.63, 3.8) is 0 Å². The average Bonchev–Trinajstić information content (AvgIpc) is 2.72. The summed E-state index contributed by atoms with van der Waals surface area (Å²) in [7, 11) is 0. The topological polar surface area (TPSA) is 34.1 Å². The second-order valence-electron chi connectivity index (χ2n) is 6.32. The van der Waals surface area contributed by atoms with E-state index in [9.17, 15) is 18.4 Å². The zero-order valence-electron chi connectivity index (χ0n) is 15.0. The first-order valence-electron chi connectivity index (χ1n) is 8.76. The van der Waals surface area contributed by atoms with Crippen molar-refractivity contribution in [3.05, 3.63) is 106 Å². The Bertz CT molecular complexity index is 1150. The molecule has 0 saturated carbocycles. The molecule has 0 heterocycles. The summed E-state index contributed by atoms with van der Waals surface area (Å²) in [5, 5.41) is 0. The van der Waals surface area contributed by atoms with Gasteiger partial charge in [0, 0.05) is 32.2 Å². The van der Waals surface area contributed by atoms with Crippen molar-refractivity contribution in [3.8, 4) is 0 Å². The Morgan fingerprint density at radius 2 is 1.28 bits per heavy atom. The van der Waals surface area contributed by atoms with Gasteiger partial charge in [-0.2, -0.15) is 0 Å². The van der Waals surface area contributed by atoms with E-state index in [0.717, 1.165) is 11.8 Å². The number of ketones is 2. The van der Waals surface area contributed by atoms with Crippen LogP contribution in [0.5, 0.6) is 0 Å². The molecule has 3 aromatic carbocycles. The van der Waals surface area contributed by atoms with Gasteiger partial charge in [-0.15, -0.1) is 11.8 Å². The number of fused-ring (bicyclic) bond motifs is 1. The number of Topliss-reactive ketones (excluding diaryl/α,β-unsaturated/α-hetero) is 2. The van der Waals surface area contributed by atoms with Crippen LogP contribution in [-0.4, -0.2) is 17.3 Å². The summed E-state index contributed by atoms with van der Waals surface area (Å²) in [6.45, 7) is 0. The largest absolute Gasteiger partial charge is 0.289 e. The molecule has 0 N–H and O–H groups in total. The van der Waals surface area contributed by atoms with E-state index in [1.807, 2.05) is 0 Å². The van der Waals surface area contributed by atoms with Crippen LogP contribution in [0.25, 0.3) is 0 Å². The van der Waals surface area contributed by atoms with Crippen LogP contribution >= 0.6 is 23.5 Å². The molecule has 0 spiro atoms. The summed E-state index contributed by atoms with van der Waals surface area (Å²) in [4.78, 5) is 27.7. The fourth-order valence-corrected chi connectivity index (χ4v) is 5.10. The Balaban J connectivity index is 1.73. The minimum atomic E-state index is -0.415. The van der Waals surface area contributed by atoms with Crippen LogP contribution in [0.2, 0.25) is 0 Å². The summed E-state index contributed by atoms with van der Waals surface area (Å²) < 4.78 is 27.1. The quantitative estimate of drug-likeness (QED) is 0.458. The first-order valence-corrected chi connectivity index (χ1v) is 10.6. The Labute approximate surface area is 175 Å². The molecule has 3 aromatic rings. The lowest BCUT2D eigenvalue weighted by atomic mass is 9.90. The summed E-state index contributed by atoms with van der Waals surface area (Å²) in [6.07, 6.45) is 0. The number of rotatable bonds is 5. The predicted octanol–water partition coefficient (Wildman–Crippen LogP) is 6.18. The molecule has 6 heteroatoms. The van der Waals surface area contributed by atoms with Crippen LogP contribution in [0.4, 0.5) is 8.78 Å². The number of benzene rings is 3. The fraction of sp³-hybridized carbons (Fsp3) is 0.0435. The number of allylic oxidation sites excluding steroid dienone is 1. The molecule has 1 aliphatic rings. The van der Waals surface area contributed by atoms with Crippen LogP contribution in [-0.2, 0) is 0 Å². The molecule has 0 aliphatic heterocycles. The van der Waals surface area contributed by atoms with E-state index in [2.05, 4.69) is 0 Å². The molecule has 1 aliphatic carbocycles. The molecule has 0 saturated heterocycles. The molecular formula is C23H14F2O2S2. The lowest BCUT2D eigenvalue weighted by Crippen LogP contribution is -2.22. The van der Waals surface area contributed by atoms with Crippen LogP contribution in [0.15, 0.2) is 93.1 Å². The van der Waals surface area contributed by atoms with Crippen molar-refractivity contribution >= 4 is 35.1 Å². The van der Waals surface area contributed by atoms with Crippen LogP contribution in [0.3, 0.4) is 0 Å². The predicted molar refractivity (Wildman–Crippen MR) is 112 cm³/mol. The lowest BCUT2D eigenvalue weighted by molar-refractivity contribution is 0.0982. The summed E-state index contributed by atoms with van der Waals surface area (Å²) in [5.41, 5.74) is 1.05. The zero-order chi connectivity index (χ0) is 20.4. The molecule has 2 nitrogen and oxygen atoms in total. The molecule has 4 rings (SSSR count). The fourth-order valence-electron chi connectivity index (χ4n) is 3.00. The molecule has 144 valence electrons. The summed E-state index contributed by atoms with van der Waals surface area (Å²) >= 11 is 2.36. The van der Waals surface area contributed by atoms with Crippen LogP contribution in [0, 0.1) is 11.6 Å². The number of carbonyl (C=O) groups excluding carboxylic acids is 2. The standard InChI is InChI=1S/C23H14F2O2S2/c24-14-5-3-7-16(11-14)28-13-20-21(26)18-9-1-2-10-19(18)22(27)23(20)29-17-8-4-6-15(25)12-17/h1-12H,13H2. The molecule has 0 fully saturated rings. The first-order chi connectivity index (χ1) is 14.0. The number of hydrogen-bond acceptors (Lipinski definition) is 4. The smallest absolute Gasteiger partial charge is 0.200 e. The van der Waals surface area contributed by atoms with Crippen molar-refractivity contribution in [2.24, 2.45) is 0 Å². The third kappa shape index (κ3) is 4.18. The molecular weight excluding hydrogens is 410 g/mol. The minimum absolute atomic E-state index is 0.208. The third-order valence-electron chi connectivity index (χ3n) is 4.37. The van der Waals surface area contributed by atoms with Gasteiger partial charge in [-0.1, -0.05) is 48.2 Å². The SMILES string of the molecule is O=C1C(CSc2cccc(F)c2)=C(Sc2cccc(F)c2)C(=O)c2ccccc21. The van der Waals surface area contributed by atoms with E-state index >= 15 is 0 Å². The van der Waals surface area contributed by atoms with Crippen molar-refractivity contribution in [1.82, 2.24) is 0 Å². The molecule has 0 radical (unpaired) electrons. The Kier molecular flexibility index (Phi) is 5.65. The van der Waals surface area contributed by atoms with Gasteiger partial charge in [0.2, 0.25) is 5.78 Å². The van der Waals surface area contributed by atoms with E-state index in [1.165, 1.54) is 36.0 Å². The van der Waals surface area contributed by atoms with Gasteiger partial charge in [-0.3, -0.25) is 9.59 Å². The van der Waals surface area contributed by atoms with Gasteiger partial charge in [0.15, 0.2) is 5.78 Å². The minimum Gasteiger partial charge on any atom is -0.289 e.